The first kappa shape index (κ1) is 16.0. The third-order valence-corrected chi connectivity index (χ3v) is 3.70. The van der Waals surface area contributed by atoms with Crippen molar-refractivity contribution < 1.29 is 14.3 Å². The van der Waals surface area contributed by atoms with Gasteiger partial charge in [0, 0.05) is 29.8 Å². The number of carbonyl (C=O) groups excluding carboxylic acids is 1. The van der Waals surface area contributed by atoms with Gasteiger partial charge in [-0.05, 0) is 29.8 Å². The van der Waals surface area contributed by atoms with Crippen molar-refractivity contribution in [2.24, 2.45) is 0 Å². The molecule has 0 spiro atoms. The Bertz CT molecular complexity index is 864. The summed E-state index contributed by atoms with van der Waals surface area (Å²) in [5.41, 5.74) is 2.55. The van der Waals surface area contributed by atoms with Gasteiger partial charge in [-0.3, -0.25) is 4.79 Å². The number of carbonyl (C=O) groups is 1. The number of aromatic nitrogens is 1. The number of ether oxygens (including phenoxy) is 2. The van der Waals surface area contributed by atoms with Crippen molar-refractivity contribution in [2.45, 2.75) is 0 Å². The highest BCUT2D eigenvalue weighted by Gasteiger charge is 2.08. The lowest BCUT2D eigenvalue weighted by Crippen LogP contribution is -2.04. The van der Waals surface area contributed by atoms with E-state index in [2.05, 4.69) is 4.98 Å². The molecule has 0 aliphatic rings. The highest BCUT2D eigenvalue weighted by atomic mass is 16.5. The number of para-hydroxylation sites is 1. The first-order valence-corrected chi connectivity index (χ1v) is 7.78. The summed E-state index contributed by atoms with van der Waals surface area (Å²) in [4.78, 5) is 15.6. The number of fused-ring (bicyclic) bond motifs is 1. The lowest BCUT2D eigenvalue weighted by Gasteiger charge is -2.05. The molecule has 122 valence electrons. The molecule has 0 radical (unpaired) electrons. The SMILES string of the molecule is COCCOc1cccc(C=CC(=O)c2c[nH]c3ccccc23)c1. The predicted molar refractivity (Wildman–Crippen MR) is 95.5 cm³/mol. The second-order valence-electron chi connectivity index (χ2n) is 5.36. The van der Waals surface area contributed by atoms with Gasteiger partial charge in [-0.2, -0.15) is 0 Å². The van der Waals surface area contributed by atoms with Gasteiger partial charge >= 0.3 is 0 Å². The van der Waals surface area contributed by atoms with Crippen molar-refractivity contribution in [1.82, 2.24) is 4.98 Å². The van der Waals surface area contributed by atoms with Crippen molar-refractivity contribution >= 4 is 22.8 Å². The number of rotatable bonds is 7. The highest BCUT2D eigenvalue weighted by Crippen LogP contribution is 2.19. The number of ketones is 1. The Hall–Kier alpha value is -2.85. The molecule has 0 bridgehead atoms. The minimum absolute atomic E-state index is 0.0295. The number of hydrogen-bond donors (Lipinski definition) is 1. The van der Waals surface area contributed by atoms with Crippen molar-refractivity contribution in [3.8, 4) is 5.75 Å². The van der Waals surface area contributed by atoms with Crippen molar-refractivity contribution in [3.63, 3.8) is 0 Å². The molecule has 0 unspecified atom stereocenters. The van der Waals surface area contributed by atoms with Crippen molar-refractivity contribution in [2.75, 3.05) is 20.3 Å². The van der Waals surface area contributed by atoms with Crippen LogP contribution in [0.25, 0.3) is 17.0 Å². The Morgan fingerprint density at radius 1 is 1.12 bits per heavy atom. The van der Waals surface area contributed by atoms with E-state index >= 15 is 0 Å². The summed E-state index contributed by atoms with van der Waals surface area (Å²) in [5.74, 6) is 0.729. The Kier molecular flexibility index (Phi) is 5.08. The summed E-state index contributed by atoms with van der Waals surface area (Å²) in [6.07, 6.45) is 5.14. The van der Waals surface area contributed by atoms with E-state index in [1.54, 1.807) is 25.5 Å². The number of hydrogen-bond acceptors (Lipinski definition) is 3. The third-order valence-electron chi connectivity index (χ3n) is 3.70. The maximum absolute atomic E-state index is 12.4. The topological polar surface area (TPSA) is 51.3 Å². The fraction of sp³-hybridized carbons (Fsp3) is 0.150. The first-order chi connectivity index (χ1) is 11.8. The average molecular weight is 321 g/mol. The number of aromatic amines is 1. The van der Waals surface area contributed by atoms with Gasteiger partial charge in [-0.25, -0.2) is 0 Å². The van der Waals surface area contributed by atoms with Gasteiger partial charge in [-0.15, -0.1) is 0 Å². The van der Waals surface area contributed by atoms with Gasteiger partial charge in [0.15, 0.2) is 5.78 Å². The molecule has 1 N–H and O–H groups in total. The zero-order valence-electron chi connectivity index (χ0n) is 13.5. The molecule has 1 aromatic heterocycles. The fourth-order valence-corrected chi connectivity index (χ4v) is 2.49. The molecule has 0 amide bonds. The van der Waals surface area contributed by atoms with E-state index < -0.39 is 0 Å². The quantitative estimate of drug-likeness (QED) is 0.405. The summed E-state index contributed by atoms with van der Waals surface area (Å²) in [6.45, 7) is 1.04. The molecule has 3 aromatic rings. The Morgan fingerprint density at radius 2 is 2.00 bits per heavy atom. The number of benzene rings is 2. The van der Waals surface area contributed by atoms with E-state index in [1.165, 1.54) is 0 Å². The number of nitrogens with one attached hydrogen (secondary N) is 1. The van der Waals surface area contributed by atoms with E-state index in [9.17, 15) is 4.79 Å². The monoisotopic (exact) mass is 321 g/mol. The zero-order chi connectivity index (χ0) is 16.8. The van der Waals surface area contributed by atoms with Crippen LogP contribution in [0.15, 0.2) is 60.8 Å². The van der Waals surface area contributed by atoms with Gasteiger partial charge < -0.3 is 14.5 Å². The fourth-order valence-electron chi connectivity index (χ4n) is 2.49. The van der Waals surface area contributed by atoms with Crippen LogP contribution in [0.5, 0.6) is 5.75 Å². The molecule has 2 aromatic carbocycles. The molecule has 0 aliphatic heterocycles. The van der Waals surface area contributed by atoms with Crippen molar-refractivity contribution in [1.29, 1.82) is 0 Å². The average Bonchev–Trinajstić information content (AvgIpc) is 3.04. The van der Waals surface area contributed by atoms with E-state index in [0.717, 1.165) is 22.2 Å². The molecule has 0 saturated carbocycles. The first-order valence-electron chi connectivity index (χ1n) is 7.78. The second kappa shape index (κ2) is 7.62. The maximum atomic E-state index is 12.4. The van der Waals surface area contributed by atoms with Crippen LogP contribution in [0.4, 0.5) is 0 Å². The number of allylic oxidation sites excluding steroid dienone is 1. The molecule has 3 rings (SSSR count). The third kappa shape index (κ3) is 3.73. The van der Waals surface area contributed by atoms with Crippen LogP contribution in [0.2, 0.25) is 0 Å². The second-order valence-corrected chi connectivity index (χ2v) is 5.36. The lowest BCUT2D eigenvalue weighted by molar-refractivity contribution is 0.104. The number of methoxy groups -OCH3 is 1. The van der Waals surface area contributed by atoms with Crippen LogP contribution in [0, 0.1) is 0 Å². The molecule has 0 aliphatic carbocycles. The van der Waals surface area contributed by atoms with Gasteiger partial charge in [0.05, 0.1) is 6.61 Å². The van der Waals surface area contributed by atoms with Crippen LogP contribution in [-0.4, -0.2) is 31.1 Å². The van der Waals surface area contributed by atoms with Gasteiger partial charge in [0.25, 0.3) is 0 Å². The van der Waals surface area contributed by atoms with Gasteiger partial charge in [-0.1, -0.05) is 36.4 Å². The van der Waals surface area contributed by atoms with Crippen LogP contribution in [0.3, 0.4) is 0 Å². The van der Waals surface area contributed by atoms with Gasteiger partial charge in [0.1, 0.15) is 12.4 Å². The van der Waals surface area contributed by atoms with Crippen molar-refractivity contribution in [3.05, 3.63) is 71.9 Å². The maximum Gasteiger partial charge on any atom is 0.187 e. The Balaban J connectivity index is 1.73. The molecular formula is C20H19NO3. The highest BCUT2D eigenvalue weighted by molar-refractivity contribution is 6.14. The molecule has 0 atom stereocenters. The van der Waals surface area contributed by atoms with Crippen LogP contribution in [-0.2, 0) is 4.74 Å². The molecular weight excluding hydrogens is 302 g/mol. The normalized spacial score (nSPS) is 11.2. The zero-order valence-corrected chi connectivity index (χ0v) is 13.5. The molecule has 4 nitrogen and oxygen atoms in total. The molecule has 0 saturated heterocycles. The van der Waals surface area contributed by atoms with E-state index in [1.807, 2.05) is 48.5 Å². The standard InChI is InChI=1S/C20H19NO3/c1-23-11-12-24-16-6-4-5-15(13-16)9-10-20(22)18-14-21-19-8-3-2-7-17(18)19/h2-10,13-14,21H,11-12H2,1H3. The number of H-pyrrole nitrogens is 1. The molecule has 4 heteroatoms. The van der Waals surface area contributed by atoms with E-state index in [4.69, 9.17) is 9.47 Å². The largest absolute Gasteiger partial charge is 0.491 e. The molecule has 0 fully saturated rings. The minimum Gasteiger partial charge on any atom is -0.491 e. The lowest BCUT2D eigenvalue weighted by atomic mass is 10.1. The van der Waals surface area contributed by atoms with Crippen LogP contribution < -0.4 is 4.74 Å². The summed E-state index contributed by atoms with van der Waals surface area (Å²) in [5, 5.41) is 0.934. The Labute approximate surface area is 140 Å². The smallest absolute Gasteiger partial charge is 0.187 e. The molecule has 24 heavy (non-hydrogen) atoms. The van der Waals surface area contributed by atoms with Crippen LogP contribution in [0.1, 0.15) is 15.9 Å². The molecule has 1 heterocycles. The Morgan fingerprint density at radius 3 is 2.88 bits per heavy atom. The van der Waals surface area contributed by atoms with Crippen LogP contribution >= 0.6 is 0 Å². The summed E-state index contributed by atoms with van der Waals surface area (Å²) in [7, 11) is 1.64. The summed E-state index contributed by atoms with van der Waals surface area (Å²) >= 11 is 0. The summed E-state index contributed by atoms with van der Waals surface area (Å²) in [6, 6.07) is 15.4. The van der Waals surface area contributed by atoms with E-state index in [-0.39, 0.29) is 5.78 Å². The summed E-state index contributed by atoms with van der Waals surface area (Å²) < 4.78 is 10.5. The van der Waals surface area contributed by atoms with Gasteiger partial charge in [0.2, 0.25) is 0 Å². The predicted octanol–water partition coefficient (Wildman–Crippen LogP) is 4.09. The minimum atomic E-state index is -0.0295. The van der Waals surface area contributed by atoms with E-state index in [0.29, 0.717) is 18.8 Å².